The topological polar surface area (TPSA) is 29.5 Å². The predicted molar refractivity (Wildman–Crippen MR) is 53.5 cm³/mol. The van der Waals surface area contributed by atoms with Gasteiger partial charge in [0.1, 0.15) is 12.6 Å². The molecule has 0 aromatic heterocycles. The van der Waals surface area contributed by atoms with Crippen LogP contribution in [0.5, 0.6) is 0 Å². The summed E-state index contributed by atoms with van der Waals surface area (Å²) in [6.07, 6.45) is 0. The van der Waals surface area contributed by atoms with Crippen molar-refractivity contribution in [2.24, 2.45) is 0 Å². The summed E-state index contributed by atoms with van der Waals surface area (Å²) >= 11 is 5.46. The van der Waals surface area contributed by atoms with E-state index in [4.69, 9.17) is 16.3 Å². The zero-order valence-corrected chi connectivity index (χ0v) is 9.31. The highest BCUT2D eigenvalue weighted by Gasteiger charge is 2.14. The van der Waals surface area contributed by atoms with Gasteiger partial charge in [-0.3, -0.25) is 9.69 Å². The number of hydrogen-bond acceptors (Lipinski definition) is 2. The van der Waals surface area contributed by atoms with Crippen molar-refractivity contribution in [2.75, 3.05) is 19.7 Å². The Kier molecular flexibility index (Phi) is 5.75. The van der Waals surface area contributed by atoms with Crippen LogP contribution in [-0.4, -0.2) is 30.5 Å². The Hall–Kier alpha value is -0.540. The van der Waals surface area contributed by atoms with Crippen molar-refractivity contribution in [3.05, 3.63) is 11.3 Å². The van der Waals surface area contributed by atoms with Crippen molar-refractivity contribution < 1.29 is 9.53 Å². The van der Waals surface area contributed by atoms with E-state index in [9.17, 15) is 4.79 Å². The van der Waals surface area contributed by atoms with Crippen LogP contribution < -0.4 is 0 Å². The fourth-order valence-electron chi connectivity index (χ4n) is 0.827. The molecular weight excluding hydrogens is 190 g/mol. The first-order chi connectivity index (χ1) is 6.04. The van der Waals surface area contributed by atoms with E-state index in [-0.39, 0.29) is 18.5 Å². The lowest BCUT2D eigenvalue weighted by atomic mass is 10.2. The lowest BCUT2D eigenvalue weighted by Crippen LogP contribution is -2.32. The van der Waals surface area contributed by atoms with Crippen LogP contribution >= 0.6 is 11.6 Å². The standard InChI is InChI=1S/C9H16ClNO2/c1-7(2)8(3)11(6-13-4)9(12)5-10/h5-6H2,1-4H3. The van der Waals surface area contributed by atoms with Crippen molar-refractivity contribution in [2.45, 2.75) is 20.8 Å². The van der Waals surface area contributed by atoms with Gasteiger partial charge in [0, 0.05) is 12.8 Å². The minimum Gasteiger partial charge on any atom is -0.364 e. The predicted octanol–water partition coefficient (Wildman–Crippen LogP) is 1.97. The highest BCUT2D eigenvalue weighted by atomic mass is 35.5. The molecule has 0 saturated heterocycles. The van der Waals surface area contributed by atoms with E-state index >= 15 is 0 Å². The summed E-state index contributed by atoms with van der Waals surface area (Å²) in [6, 6.07) is 0. The Morgan fingerprint density at radius 1 is 1.38 bits per heavy atom. The number of nitrogens with zero attached hydrogens (tertiary/aromatic N) is 1. The average Bonchev–Trinajstić information content (AvgIpc) is 2.11. The van der Waals surface area contributed by atoms with Gasteiger partial charge in [0.2, 0.25) is 5.91 Å². The van der Waals surface area contributed by atoms with Gasteiger partial charge in [-0.05, 0) is 20.8 Å². The van der Waals surface area contributed by atoms with Gasteiger partial charge >= 0.3 is 0 Å². The van der Waals surface area contributed by atoms with Gasteiger partial charge in [-0.15, -0.1) is 11.6 Å². The molecule has 0 aliphatic carbocycles. The molecule has 0 unspecified atom stereocenters. The molecule has 0 N–H and O–H groups in total. The Labute approximate surface area is 84.3 Å². The van der Waals surface area contributed by atoms with Gasteiger partial charge in [-0.1, -0.05) is 5.57 Å². The van der Waals surface area contributed by atoms with E-state index < -0.39 is 0 Å². The molecule has 0 aromatic rings. The lowest BCUT2D eigenvalue weighted by molar-refractivity contribution is -0.130. The van der Waals surface area contributed by atoms with Crippen LogP contribution in [-0.2, 0) is 9.53 Å². The van der Waals surface area contributed by atoms with E-state index in [2.05, 4.69) is 0 Å². The quantitative estimate of drug-likeness (QED) is 0.519. The van der Waals surface area contributed by atoms with Gasteiger partial charge in [0.25, 0.3) is 0 Å². The van der Waals surface area contributed by atoms with E-state index in [0.29, 0.717) is 0 Å². The molecular formula is C9H16ClNO2. The Morgan fingerprint density at radius 2 is 1.92 bits per heavy atom. The van der Waals surface area contributed by atoms with Crippen molar-refractivity contribution in [1.29, 1.82) is 0 Å². The van der Waals surface area contributed by atoms with Gasteiger partial charge in [-0.2, -0.15) is 0 Å². The molecule has 0 radical (unpaired) electrons. The molecule has 0 aromatic carbocycles. The monoisotopic (exact) mass is 205 g/mol. The van der Waals surface area contributed by atoms with Crippen LogP contribution in [0.2, 0.25) is 0 Å². The molecule has 0 spiro atoms. The second kappa shape index (κ2) is 6.00. The summed E-state index contributed by atoms with van der Waals surface area (Å²) in [5, 5.41) is 0. The van der Waals surface area contributed by atoms with E-state index in [1.165, 1.54) is 4.90 Å². The number of methoxy groups -OCH3 is 1. The molecule has 3 nitrogen and oxygen atoms in total. The number of alkyl halides is 1. The molecule has 1 amide bonds. The highest BCUT2D eigenvalue weighted by molar-refractivity contribution is 6.27. The van der Waals surface area contributed by atoms with Crippen LogP contribution in [0.3, 0.4) is 0 Å². The van der Waals surface area contributed by atoms with Crippen molar-refractivity contribution in [1.82, 2.24) is 4.90 Å². The van der Waals surface area contributed by atoms with Gasteiger partial charge in [0.05, 0.1) is 0 Å². The summed E-state index contributed by atoms with van der Waals surface area (Å²) in [7, 11) is 1.55. The fraction of sp³-hybridized carbons (Fsp3) is 0.667. The van der Waals surface area contributed by atoms with Crippen LogP contribution in [0, 0.1) is 0 Å². The zero-order chi connectivity index (χ0) is 10.4. The number of ether oxygens (including phenoxy) is 1. The summed E-state index contributed by atoms with van der Waals surface area (Å²) in [4.78, 5) is 12.9. The first-order valence-corrected chi connectivity index (χ1v) is 4.57. The highest BCUT2D eigenvalue weighted by Crippen LogP contribution is 2.09. The summed E-state index contributed by atoms with van der Waals surface area (Å²) in [6.45, 7) is 6.01. The third kappa shape index (κ3) is 3.79. The number of carbonyl (C=O) groups excluding carboxylic acids is 1. The second-order valence-corrected chi connectivity index (χ2v) is 3.23. The smallest absolute Gasteiger partial charge is 0.243 e. The number of amides is 1. The third-order valence-corrected chi connectivity index (χ3v) is 2.03. The van der Waals surface area contributed by atoms with Crippen LogP contribution in [0.25, 0.3) is 0 Å². The molecule has 0 atom stereocenters. The summed E-state index contributed by atoms with van der Waals surface area (Å²) < 4.78 is 4.91. The SMILES string of the molecule is COCN(C(=O)CCl)C(C)=C(C)C. The van der Waals surface area contributed by atoms with Crippen LogP contribution in [0.15, 0.2) is 11.3 Å². The Balaban J connectivity index is 4.61. The van der Waals surface area contributed by atoms with E-state index in [1.54, 1.807) is 7.11 Å². The Bertz CT molecular complexity index is 210. The lowest BCUT2D eigenvalue weighted by Gasteiger charge is -2.22. The first-order valence-electron chi connectivity index (χ1n) is 4.04. The van der Waals surface area contributed by atoms with Gasteiger partial charge in [0.15, 0.2) is 0 Å². The molecule has 4 heteroatoms. The molecule has 0 fully saturated rings. The van der Waals surface area contributed by atoms with Gasteiger partial charge in [-0.25, -0.2) is 0 Å². The maximum Gasteiger partial charge on any atom is 0.243 e. The molecule has 0 aliphatic heterocycles. The molecule has 0 saturated carbocycles. The number of carbonyl (C=O) groups is 1. The minimum atomic E-state index is -0.137. The van der Waals surface area contributed by atoms with Crippen molar-refractivity contribution >= 4 is 17.5 Å². The van der Waals surface area contributed by atoms with E-state index in [0.717, 1.165) is 11.3 Å². The normalized spacial score (nSPS) is 9.62. The largest absolute Gasteiger partial charge is 0.364 e. The minimum absolute atomic E-state index is 0.0199. The number of rotatable bonds is 4. The van der Waals surface area contributed by atoms with Crippen molar-refractivity contribution in [3.8, 4) is 0 Å². The van der Waals surface area contributed by atoms with Crippen LogP contribution in [0.4, 0.5) is 0 Å². The maximum atomic E-state index is 11.3. The zero-order valence-electron chi connectivity index (χ0n) is 8.56. The van der Waals surface area contributed by atoms with Crippen molar-refractivity contribution in [3.63, 3.8) is 0 Å². The molecule has 76 valence electrons. The molecule has 0 heterocycles. The summed E-state index contributed by atoms with van der Waals surface area (Å²) in [5.74, 6) is -0.157. The summed E-state index contributed by atoms with van der Waals surface area (Å²) in [5.41, 5.74) is 1.98. The van der Waals surface area contributed by atoms with Gasteiger partial charge < -0.3 is 4.74 Å². The molecule has 0 bridgehead atoms. The second-order valence-electron chi connectivity index (χ2n) is 2.96. The molecule has 0 aliphatic rings. The average molecular weight is 206 g/mol. The van der Waals surface area contributed by atoms with Crippen LogP contribution in [0.1, 0.15) is 20.8 Å². The fourth-order valence-corrected chi connectivity index (χ4v) is 0.971. The number of halogens is 1. The molecule has 0 rings (SSSR count). The maximum absolute atomic E-state index is 11.3. The first kappa shape index (κ1) is 12.5. The number of hydrogen-bond donors (Lipinski definition) is 0. The Morgan fingerprint density at radius 3 is 2.23 bits per heavy atom. The van der Waals surface area contributed by atoms with E-state index in [1.807, 2.05) is 20.8 Å². The molecule has 13 heavy (non-hydrogen) atoms. The number of allylic oxidation sites excluding steroid dienone is 2. The third-order valence-electron chi connectivity index (χ3n) is 1.80.